The molecule has 0 atom stereocenters. The Bertz CT molecular complexity index is 828. The lowest BCUT2D eigenvalue weighted by Gasteiger charge is -2.15. The number of primary amides is 1. The third-order valence-electron chi connectivity index (χ3n) is 3.54. The smallest absolute Gasteiger partial charge is 0.252 e. The van der Waals surface area contributed by atoms with Crippen molar-refractivity contribution < 1.29 is 14.4 Å². The van der Waals surface area contributed by atoms with Crippen molar-refractivity contribution in [2.75, 3.05) is 19.0 Å². The van der Waals surface area contributed by atoms with Crippen molar-refractivity contribution in [3.63, 3.8) is 0 Å². The predicted molar refractivity (Wildman–Crippen MR) is 95.0 cm³/mol. The average molecular weight is 338 g/mol. The second-order valence-electron chi connectivity index (χ2n) is 5.23. The zero-order valence-corrected chi connectivity index (χ0v) is 13.9. The highest BCUT2D eigenvalue weighted by Gasteiger charge is 2.09. The molecule has 3 N–H and O–H groups in total. The van der Waals surface area contributed by atoms with E-state index in [9.17, 15) is 14.4 Å². The summed E-state index contributed by atoms with van der Waals surface area (Å²) < 4.78 is 0. The van der Waals surface area contributed by atoms with Gasteiger partial charge >= 0.3 is 0 Å². The lowest BCUT2D eigenvalue weighted by Crippen LogP contribution is -2.24. The molecule has 1 aromatic heterocycles. The normalized spacial score (nSPS) is 10.5. The zero-order chi connectivity index (χ0) is 18.4. The molecule has 3 amide bonds. The summed E-state index contributed by atoms with van der Waals surface area (Å²) in [7, 11) is 3.15. The topological polar surface area (TPSA) is 105 Å². The monoisotopic (exact) mass is 338 g/mol. The molecular formula is C18H18N4O3. The van der Waals surface area contributed by atoms with Gasteiger partial charge in [0, 0.05) is 43.8 Å². The summed E-state index contributed by atoms with van der Waals surface area (Å²) >= 11 is 0. The summed E-state index contributed by atoms with van der Waals surface area (Å²) in [6.45, 7) is 0. The van der Waals surface area contributed by atoms with Crippen LogP contribution in [0.1, 0.15) is 26.3 Å². The Balaban J connectivity index is 2.11. The summed E-state index contributed by atoms with van der Waals surface area (Å²) in [5.41, 5.74) is 7.23. The number of amides is 3. The summed E-state index contributed by atoms with van der Waals surface area (Å²) in [6.07, 6.45) is 5.96. The Morgan fingerprint density at radius 1 is 1.12 bits per heavy atom. The van der Waals surface area contributed by atoms with Crippen molar-refractivity contribution in [2.24, 2.45) is 5.73 Å². The molecule has 25 heavy (non-hydrogen) atoms. The van der Waals surface area contributed by atoms with Gasteiger partial charge in [-0.15, -0.1) is 0 Å². The number of carbonyl (C=O) groups is 3. The molecule has 0 saturated heterocycles. The molecule has 0 aliphatic rings. The Morgan fingerprint density at radius 2 is 1.80 bits per heavy atom. The summed E-state index contributed by atoms with van der Waals surface area (Å²) in [5.74, 6) is -1.04. The third kappa shape index (κ3) is 4.51. The number of anilines is 1. The average Bonchev–Trinajstić information content (AvgIpc) is 2.65. The molecule has 0 saturated carbocycles. The van der Waals surface area contributed by atoms with Crippen molar-refractivity contribution in [3.05, 3.63) is 65.5 Å². The lowest BCUT2D eigenvalue weighted by atomic mass is 10.1. The molecule has 1 heterocycles. The molecule has 1 aromatic carbocycles. The highest BCUT2D eigenvalue weighted by Crippen LogP contribution is 2.14. The van der Waals surface area contributed by atoms with E-state index in [0.29, 0.717) is 22.4 Å². The summed E-state index contributed by atoms with van der Waals surface area (Å²) in [6, 6.07) is 8.03. The van der Waals surface area contributed by atoms with Crippen molar-refractivity contribution in [1.82, 2.24) is 10.3 Å². The second-order valence-corrected chi connectivity index (χ2v) is 5.23. The molecular weight excluding hydrogens is 320 g/mol. The standard InChI is InChI=1S/C18H18N4O3/c1-20-18(25)14-9-12(10-21-11-14)3-8-16(23)22(2)15-6-4-13(5-7-15)17(19)24/h3-11H,1-2H3,(H2,19,24)(H,20,25)/b8-3+. The maximum Gasteiger partial charge on any atom is 0.252 e. The highest BCUT2D eigenvalue weighted by molar-refractivity contribution is 6.04. The lowest BCUT2D eigenvalue weighted by molar-refractivity contribution is -0.113. The van der Waals surface area contributed by atoms with Crippen LogP contribution >= 0.6 is 0 Å². The van der Waals surface area contributed by atoms with Crippen molar-refractivity contribution in [2.45, 2.75) is 0 Å². The van der Waals surface area contributed by atoms with E-state index >= 15 is 0 Å². The van der Waals surface area contributed by atoms with Gasteiger partial charge < -0.3 is 16.0 Å². The molecule has 0 aliphatic heterocycles. The number of benzene rings is 1. The van der Waals surface area contributed by atoms with Crippen LogP contribution in [0.15, 0.2) is 48.8 Å². The van der Waals surface area contributed by atoms with Crippen LogP contribution in [-0.4, -0.2) is 36.8 Å². The first-order valence-electron chi connectivity index (χ1n) is 7.45. The first-order chi connectivity index (χ1) is 11.9. The molecule has 0 bridgehead atoms. The third-order valence-corrected chi connectivity index (χ3v) is 3.54. The van der Waals surface area contributed by atoms with Crippen LogP contribution in [0.2, 0.25) is 0 Å². The van der Waals surface area contributed by atoms with E-state index in [1.54, 1.807) is 49.7 Å². The molecule has 128 valence electrons. The van der Waals surface area contributed by atoms with E-state index in [2.05, 4.69) is 10.3 Å². The van der Waals surface area contributed by atoms with Gasteiger partial charge in [0.15, 0.2) is 0 Å². The molecule has 7 heteroatoms. The van der Waals surface area contributed by atoms with Crippen molar-refractivity contribution >= 4 is 29.5 Å². The Hall–Kier alpha value is -3.48. The fourth-order valence-corrected chi connectivity index (χ4v) is 2.07. The van der Waals surface area contributed by atoms with Gasteiger partial charge in [-0.2, -0.15) is 0 Å². The van der Waals surface area contributed by atoms with Gasteiger partial charge in [-0.3, -0.25) is 19.4 Å². The van der Waals surface area contributed by atoms with Crippen LogP contribution in [0.5, 0.6) is 0 Å². The number of hydrogen-bond donors (Lipinski definition) is 2. The van der Waals surface area contributed by atoms with E-state index in [1.807, 2.05) is 0 Å². The number of nitrogens with zero attached hydrogens (tertiary/aromatic N) is 2. The van der Waals surface area contributed by atoms with E-state index in [1.165, 1.54) is 24.2 Å². The summed E-state index contributed by atoms with van der Waals surface area (Å²) in [5, 5.41) is 2.51. The SMILES string of the molecule is CNC(=O)c1cncc(/C=C/C(=O)N(C)c2ccc(C(N)=O)cc2)c1. The van der Waals surface area contributed by atoms with Gasteiger partial charge in [0.1, 0.15) is 0 Å². The van der Waals surface area contributed by atoms with Gasteiger partial charge in [0.25, 0.3) is 11.8 Å². The minimum absolute atomic E-state index is 0.249. The second kappa shape index (κ2) is 7.87. The Labute approximate surface area is 145 Å². The van der Waals surface area contributed by atoms with Crippen LogP contribution in [-0.2, 0) is 4.79 Å². The fraction of sp³-hybridized carbons (Fsp3) is 0.111. The van der Waals surface area contributed by atoms with Gasteiger partial charge in [-0.25, -0.2) is 0 Å². The zero-order valence-electron chi connectivity index (χ0n) is 13.9. The van der Waals surface area contributed by atoms with Crippen LogP contribution in [0.4, 0.5) is 5.69 Å². The number of pyridine rings is 1. The van der Waals surface area contributed by atoms with Gasteiger partial charge in [-0.1, -0.05) is 0 Å². The Morgan fingerprint density at radius 3 is 2.40 bits per heavy atom. The number of hydrogen-bond acceptors (Lipinski definition) is 4. The molecule has 2 aromatic rings. The predicted octanol–water partition coefficient (Wildman–Crippen LogP) is 1.22. The highest BCUT2D eigenvalue weighted by atomic mass is 16.2. The first kappa shape index (κ1) is 17.9. The van der Waals surface area contributed by atoms with Crippen molar-refractivity contribution in [3.8, 4) is 0 Å². The molecule has 0 spiro atoms. The van der Waals surface area contributed by atoms with E-state index in [0.717, 1.165) is 0 Å². The van der Waals surface area contributed by atoms with E-state index in [4.69, 9.17) is 5.73 Å². The van der Waals surface area contributed by atoms with Crippen molar-refractivity contribution in [1.29, 1.82) is 0 Å². The first-order valence-corrected chi connectivity index (χ1v) is 7.45. The molecule has 7 nitrogen and oxygen atoms in total. The quantitative estimate of drug-likeness (QED) is 0.800. The van der Waals surface area contributed by atoms with Crippen LogP contribution in [0.25, 0.3) is 6.08 Å². The van der Waals surface area contributed by atoms with E-state index < -0.39 is 5.91 Å². The van der Waals surface area contributed by atoms with Crippen LogP contribution < -0.4 is 16.0 Å². The van der Waals surface area contributed by atoms with Gasteiger partial charge in [0.2, 0.25) is 5.91 Å². The number of nitrogens with one attached hydrogen (secondary N) is 1. The minimum Gasteiger partial charge on any atom is -0.366 e. The molecule has 2 rings (SSSR count). The van der Waals surface area contributed by atoms with E-state index in [-0.39, 0.29) is 11.8 Å². The van der Waals surface area contributed by atoms with Crippen LogP contribution in [0.3, 0.4) is 0 Å². The largest absolute Gasteiger partial charge is 0.366 e. The number of nitrogens with two attached hydrogens (primary N) is 1. The van der Waals surface area contributed by atoms with Gasteiger partial charge in [-0.05, 0) is 42.0 Å². The van der Waals surface area contributed by atoms with Gasteiger partial charge in [0.05, 0.1) is 5.56 Å². The molecule has 0 fully saturated rings. The summed E-state index contributed by atoms with van der Waals surface area (Å²) in [4.78, 5) is 40.3. The fourth-order valence-electron chi connectivity index (χ4n) is 2.07. The van der Waals surface area contributed by atoms with Crippen LogP contribution in [0, 0.1) is 0 Å². The minimum atomic E-state index is -0.524. The number of aromatic nitrogens is 1. The molecule has 0 aliphatic carbocycles. The number of rotatable bonds is 5. The number of likely N-dealkylation sites (N-methyl/N-ethyl adjacent to an activating group) is 1. The number of carbonyl (C=O) groups excluding carboxylic acids is 3. The molecule has 0 unspecified atom stereocenters. The molecule has 0 radical (unpaired) electrons. The Kier molecular flexibility index (Phi) is 5.62. The maximum absolute atomic E-state index is 12.3. The maximum atomic E-state index is 12.3.